The highest BCUT2D eigenvalue weighted by molar-refractivity contribution is 5.89. The summed E-state index contributed by atoms with van der Waals surface area (Å²) in [6.07, 6.45) is 2.74. The lowest BCUT2D eigenvalue weighted by atomic mass is 9.83. The van der Waals surface area contributed by atoms with Gasteiger partial charge < -0.3 is 20.5 Å². The molecule has 42 heavy (non-hydrogen) atoms. The largest absolute Gasteiger partial charge is 0.479 e. The first-order valence-electron chi connectivity index (χ1n) is 14.9. The van der Waals surface area contributed by atoms with Crippen LogP contribution in [0.2, 0.25) is 0 Å². The van der Waals surface area contributed by atoms with E-state index in [0.29, 0.717) is 32.4 Å². The molecule has 1 saturated carbocycles. The van der Waals surface area contributed by atoms with E-state index < -0.39 is 29.6 Å². The number of rotatable bonds is 8. The molecule has 0 spiro atoms. The number of hydrogen-bond acceptors (Lipinski definition) is 5. The fourth-order valence-electron chi connectivity index (χ4n) is 6.93. The van der Waals surface area contributed by atoms with Crippen molar-refractivity contribution in [2.75, 3.05) is 19.7 Å². The summed E-state index contributed by atoms with van der Waals surface area (Å²) in [5, 5.41) is 16.0. The first kappa shape index (κ1) is 28.0. The van der Waals surface area contributed by atoms with Gasteiger partial charge in [-0.05, 0) is 47.1 Å². The van der Waals surface area contributed by atoms with Crippen LogP contribution < -0.4 is 10.6 Å². The molecule has 3 atom stereocenters. The molecule has 0 radical (unpaired) electrons. The first-order chi connectivity index (χ1) is 20.4. The number of carboxylic acids is 1. The van der Waals surface area contributed by atoms with Crippen molar-refractivity contribution in [2.45, 2.75) is 56.1 Å². The normalized spacial score (nSPS) is 23.5. The Balaban J connectivity index is 1.08. The Morgan fingerprint density at radius 1 is 0.881 bits per heavy atom. The van der Waals surface area contributed by atoms with Crippen molar-refractivity contribution in [3.8, 4) is 11.1 Å². The lowest BCUT2D eigenvalue weighted by Crippen LogP contribution is -2.60. The molecule has 0 aromatic heterocycles. The van der Waals surface area contributed by atoms with Gasteiger partial charge in [-0.25, -0.2) is 9.59 Å². The molecule has 1 aliphatic heterocycles. The van der Waals surface area contributed by atoms with Crippen molar-refractivity contribution in [2.24, 2.45) is 5.92 Å². The Labute approximate surface area is 246 Å². The molecule has 3 aliphatic rings. The Kier molecular flexibility index (Phi) is 7.98. The second kappa shape index (κ2) is 12.0. The number of hydrogen-bond donors (Lipinski definition) is 3. The summed E-state index contributed by atoms with van der Waals surface area (Å²) in [6, 6.07) is 25.8. The van der Waals surface area contributed by atoms with Gasteiger partial charge in [-0.2, -0.15) is 0 Å². The van der Waals surface area contributed by atoms with E-state index in [1.807, 2.05) is 54.6 Å². The Morgan fingerprint density at radius 2 is 1.52 bits per heavy atom. The summed E-state index contributed by atoms with van der Waals surface area (Å²) >= 11 is 0. The van der Waals surface area contributed by atoms with Crippen LogP contribution in [0.5, 0.6) is 0 Å². The quantitative estimate of drug-likeness (QED) is 0.356. The maximum atomic E-state index is 13.6. The van der Waals surface area contributed by atoms with Gasteiger partial charge >= 0.3 is 12.1 Å². The number of carbonyl (C=O) groups is 3. The van der Waals surface area contributed by atoms with Crippen LogP contribution in [0.4, 0.5) is 4.79 Å². The van der Waals surface area contributed by atoms with E-state index >= 15 is 0 Å². The van der Waals surface area contributed by atoms with E-state index in [1.165, 1.54) is 0 Å². The number of carbonyl (C=O) groups excluding carboxylic acids is 2. The Morgan fingerprint density at radius 3 is 2.21 bits per heavy atom. The van der Waals surface area contributed by atoms with Crippen molar-refractivity contribution in [1.82, 2.24) is 15.5 Å². The summed E-state index contributed by atoms with van der Waals surface area (Å²) in [5.74, 6) is -1.91. The summed E-state index contributed by atoms with van der Waals surface area (Å²) in [7, 11) is 0. The molecule has 3 N–H and O–H groups in total. The Bertz CT molecular complexity index is 1410. The van der Waals surface area contributed by atoms with Crippen LogP contribution in [0.1, 0.15) is 54.7 Å². The monoisotopic (exact) mass is 567 g/mol. The van der Waals surface area contributed by atoms with Crippen LogP contribution in [-0.2, 0) is 20.9 Å². The van der Waals surface area contributed by atoms with E-state index in [9.17, 15) is 19.5 Å². The van der Waals surface area contributed by atoms with Crippen LogP contribution >= 0.6 is 0 Å². The van der Waals surface area contributed by atoms with Crippen molar-refractivity contribution in [3.63, 3.8) is 0 Å². The van der Waals surface area contributed by atoms with Gasteiger partial charge in [0.1, 0.15) is 6.61 Å². The van der Waals surface area contributed by atoms with Crippen LogP contribution in [0.15, 0.2) is 78.9 Å². The summed E-state index contributed by atoms with van der Waals surface area (Å²) < 4.78 is 5.75. The molecule has 218 valence electrons. The number of nitrogens with one attached hydrogen (secondary N) is 2. The lowest BCUT2D eigenvalue weighted by Gasteiger charge is -2.34. The van der Waals surface area contributed by atoms with Crippen molar-refractivity contribution in [3.05, 3.63) is 95.6 Å². The molecule has 8 nitrogen and oxygen atoms in total. The summed E-state index contributed by atoms with van der Waals surface area (Å²) in [4.78, 5) is 41.1. The second-order valence-corrected chi connectivity index (χ2v) is 11.8. The summed E-state index contributed by atoms with van der Waals surface area (Å²) in [6.45, 7) is 1.64. The van der Waals surface area contributed by atoms with E-state index in [4.69, 9.17) is 4.74 Å². The number of ether oxygens (including phenoxy) is 1. The SMILES string of the molecule is O=C(N[C@@H]1CCCC[C@@H]1C(=O)NC1(C(=O)O)CCN(Cc2ccccc2)C1)OCC1c2ccccc2-c2ccccc21. The number of nitrogens with zero attached hydrogens (tertiary/aromatic N) is 1. The molecule has 1 heterocycles. The third kappa shape index (κ3) is 5.63. The number of benzene rings is 3. The molecule has 0 bridgehead atoms. The predicted octanol–water partition coefficient (Wildman–Crippen LogP) is 4.93. The summed E-state index contributed by atoms with van der Waals surface area (Å²) in [5.41, 5.74) is 4.35. The molecule has 2 aliphatic carbocycles. The van der Waals surface area contributed by atoms with Crippen LogP contribution in [-0.4, -0.2) is 59.3 Å². The molecular formula is C34H37N3O5. The van der Waals surface area contributed by atoms with Crippen LogP contribution in [0, 0.1) is 5.92 Å². The number of fused-ring (bicyclic) bond motifs is 3. The predicted molar refractivity (Wildman–Crippen MR) is 159 cm³/mol. The van der Waals surface area contributed by atoms with Gasteiger partial charge in [-0.3, -0.25) is 9.69 Å². The van der Waals surface area contributed by atoms with Gasteiger partial charge in [-0.15, -0.1) is 0 Å². The molecule has 3 aromatic rings. The van der Waals surface area contributed by atoms with Crippen LogP contribution in [0.3, 0.4) is 0 Å². The number of aliphatic carboxylic acids is 1. The highest BCUT2D eigenvalue weighted by Gasteiger charge is 2.47. The van der Waals surface area contributed by atoms with E-state index in [1.54, 1.807) is 0 Å². The zero-order valence-corrected chi connectivity index (χ0v) is 23.6. The fraction of sp³-hybridized carbons (Fsp3) is 0.382. The Hall–Kier alpha value is -4.17. The molecular weight excluding hydrogens is 530 g/mol. The minimum Gasteiger partial charge on any atom is -0.479 e. The molecule has 3 aromatic carbocycles. The maximum Gasteiger partial charge on any atom is 0.407 e. The number of amides is 2. The van der Waals surface area contributed by atoms with Crippen molar-refractivity contribution in [1.29, 1.82) is 0 Å². The van der Waals surface area contributed by atoms with Gasteiger partial charge in [0.2, 0.25) is 5.91 Å². The van der Waals surface area contributed by atoms with Crippen molar-refractivity contribution < 1.29 is 24.2 Å². The average Bonchev–Trinajstić information content (AvgIpc) is 3.56. The number of alkyl carbamates (subject to hydrolysis) is 1. The molecule has 1 unspecified atom stereocenters. The highest BCUT2D eigenvalue weighted by Crippen LogP contribution is 2.44. The van der Waals surface area contributed by atoms with Gasteiger partial charge in [-0.1, -0.05) is 91.7 Å². The van der Waals surface area contributed by atoms with Gasteiger partial charge in [0.25, 0.3) is 0 Å². The van der Waals surface area contributed by atoms with Gasteiger partial charge in [0.05, 0.1) is 5.92 Å². The maximum absolute atomic E-state index is 13.6. The van der Waals surface area contributed by atoms with Crippen molar-refractivity contribution >= 4 is 18.0 Å². The average molecular weight is 568 g/mol. The minimum absolute atomic E-state index is 0.0507. The highest BCUT2D eigenvalue weighted by atomic mass is 16.5. The minimum atomic E-state index is -1.35. The zero-order chi connectivity index (χ0) is 29.1. The fourth-order valence-corrected chi connectivity index (χ4v) is 6.93. The topological polar surface area (TPSA) is 108 Å². The third-order valence-electron chi connectivity index (χ3n) is 9.12. The second-order valence-electron chi connectivity index (χ2n) is 11.8. The van der Waals surface area contributed by atoms with Gasteiger partial charge in [0.15, 0.2) is 5.54 Å². The van der Waals surface area contributed by atoms with E-state index in [-0.39, 0.29) is 25.0 Å². The van der Waals surface area contributed by atoms with E-state index in [2.05, 4.69) is 39.8 Å². The lowest BCUT2D eigenvalue weighted by molar-refractivity contribution is -0.148. The third-order valence-corrected chi connectivity index (χ3v) is 9.12. The van der Waals surface area contributed by atoms with E-state index in [0.717, 1.165) is 40.7 Å². The van der Waals surface area contributed by atoms with Crippen LogP contribution in [0.25, 0.3) is 11.1 Å². The smallest absolute Gasteiger partial charge is 0.407 e. The molecule has 2 fully saturated rings. The molecule has 2 amide bonds. The number of likely N-dealkylation sites (tertiary alicyclic amines) is 1. The molecule has 6 rings (SSSR count). The molecule has 8 heteroatoms. The first-order valence-corrected chi connectivity index (χ1v) is 14.9. The number of carboxylic acid groups (broad SMARTS) is 1. The van der Waals surface area contributed by atoms with Gasteiger partial charge in [0, 0.05) is 31.6 Å². The molecule has 1 saturated heterocycles. The zero-order valence-electron chi connectivity index (χ0n) is 23.6. The standard InChI is InChI=1S/C34H37N3O5/c38-31(36-34(32(39)40)18-19-37(22-34)20-23-10-2-1-3-11-23)28-16-8-9-17-30(28)35-33(41)42-21-29-26-14-6-4-12-24(26)25-13-5-7-15-27(25)29/h1-7,10-15,28-30H,8-9,16-22H2,(H,35,41)(H,36,38)(H,39,40)/t28-,30+,34?/m0/s1.